The molecule has 0 bridgehead atoms. The highest BCUT2D eigenvalue weighted by Crippen LogP contribution is 2.34. The third kappa shape index (κ3) is 11.1. The molecule has 7 amide bonds. The van der Waals surface area contributed by atoms with E-state index in [1.165, 1.54) is 6.07 Å². The van der Waals surface area contributed by atoms with Gasteiger partial charge in [0.2, 0.25) is 17.7 Å². The molecule has 6 aromatic rings. The van der Waals surface area contributed by atoms with Gasteiger partial charge in [-0.05, 0) is 48.9 Å². The number of rotatable bonds is 20. The van der Waals surface area contributed by atoms with Crippen LogP contribution in [0.1, 0.15) is 60.1 Å². The lowest BCUT2D eigenvalue weighted by Gasteiger charge is -2.27. The summed E-state index contributed by atoms with van der Waals surface area (Å²) in [4.78, 5) is 81.7. The number of imidazole rings is 1. The summed E-state index contributed by atoms with van der Waals surface area (Å²) in [6, 6.07) is 18.2. The molecular weight excluding hydrogens is 887 g/mol. The van der Waals surface area contributed by atoms with E-state index >= 15 is 0 Å². The minimum Gasteiger partial charge on any atom is -0.491 e. The zero-order valence-electron chi connectivity index (χ0n) is 37.0. The number of nitrogens with one attached hydrogen (secondary N) is 5. The minimum atomic E-state index is -1.08. The van der Waals surface area contributed by atoms with Crippen LogP contribution in [-0.4, -0.2) is 120 Å². The maximum Gasteiger partial charge on any atom is 0.324 e. The van der Waals surface area contributed by atoms with Crippen molar-refractivity contribution in [1.29, 1.82) is 0 Å². The molecule has 0 aliphatic carbocycles. The zero-order chi connectivity index (χ0) is 47.1. The third-order valence-electron chi connectivity index (χ3n) is 10.7. The van der Waals surface area contributed by atoms with Gasteiger partial charge in [-0.1, -0.05) is 55.5 Å². The van der Waals surface area contributed by atoms with Crippen molar-refractivity contribution in [3.63, 3.8) is 0 Å². The Labute approximate surface area is 387 Å². The number of carbonyl (C=O) groups is 6. The van der Waals surface area contributed by atoms with E-state index in [0.29, 0.717) is 56.9 Å². The van der Waals surface area contributed by atoms with Crippen LogP contribution in [0.25, 0.3) is 26.4 Å². The molecular formula is C46H49N9O11S. The molecule has 1 saturated heterocycles. The number of urea groups is 1. The summed E-state index contributed by atoms with van der Waals surface area (Å²) in [6.07, 6.45) is 2.06. The normalized spacial score (nSPS) is 15.0. The molecule has 3 aromatic heterocycles. The van der Waals surface area contributed by atoms with Crippen molar-refractivity contribution in [3.8, 4) is 17.0 Å². The van der Waals surface area contributed by atoms with E-state index in [-0.39, 0.29) is 60.7 Å². The zero-order valence-corrected chi connectivity index (χ0v) is 37.8. The molecule has 1 fully saturated rings. The number of benzene rings is 3. The fraction of sp³-hybridized carbons (Fsp3) is 0.348. The molecule has 1 atom stereocenters. The highest BCUT2D eigenvalue weighted by Gasteiger charge is 2.45. The van der Waals surface area contributed by atoms with Crippen LogP contribution in [0.3, 0.4) is 0 Å². The largest absolute Gasteiger partial charge is 0.491 e. The predicted molar refractivity (Wildman–Crippen MR) is 246 cm³/mol. The monoisotopic (exact) mass is 935 g/mol. The number of ether oxygens (including phenoxy) is 4. The predicted octanol–water partition coefficient (Wildman–Crippen LogP) is 5.20. The van der Waals surface area contributed by atoms with Gasteiger partial charge < -0.3 is 39.4 Å². The van der Waals surface area contributed by atoms with Gasteiger partial charge in [-0.2, -0.15) is 0 Å². The third-order valence-corrected chi connectivity index (χ3v) is 11.7. The molecule has 350 valence electrons. The molecule has 3 aromatic carbocycles. The van der Waals surface area contributed by atoms with Crippen LogP contribution in [0, 0.1) is 0 Å². The molecule has 67 heavy (non-hydrogen) atoms. The maximum absolute atomic E-state index is 13.2. The molecule has 0 saturated carbocycles. The number of aromatic nitrogens is 3. The van der Waals surface area contributed by atoms with Crippen molar-refractivity contribution in [1.82, 2.24) is 30.1 Å². The van der Waals surface area contributed by atoms with Crippen molar-refractivity contribution in [2.45, 2.75) is 45.1 Å². The topological polar surface area (TPSA) is 246 Å². The van der Waals surface area contributed by atoms with E-state index in [1.807, 2.05) is 73.8 Å². The van der Waals surface area contributed by atoms with Crippen molar-refractivity contribution in [2.75, 3.05) is 75.3 Å². The van der Waals surface area contributed by atoms with Crippen molar-refractivity contribution < 1.29 is 52.2 Å². The van der Waals surface area contributed by atoms with Crippen LogP contribution < -0.4 is 31.3 Å². The molecule has 5 heterocycles. The number of anilines is 3. The Balaban J connectivity index is 0.666. The number of hydrogen-bond donors (Lipinski definition) is 5. The van der Waals surface area contributed by atoms with Gasteiger partial charge >= 0.3 is 6.03 Å². The van der Waals surface area contributed by atoms with Crippen LogP contribution in [0.15, 0.2) is 77.4 Å². The molecule has 0 spiro atoms. The molecule has 20 nitrogen and oxygen atoms in total. The summed E-state index contributed by atoms with van der Waals surface area (Å²) in [5, 5.41) is 17.2. The first kappa shape index (κ1) is 46.3. The van der Waals surface area contributed by atoms with Gasteiger partial charge in [0.05, 0.1) is 73.2 Å². The summed E-state index contributed by atoms with van der Waals surface area (Å²) in [5.41, 5.74) is 3.61. The molecule has 0 radical (unpaired) electrons. The first-order valence-electron chi connectivity index (χ1n) is 21.6. The van der Waals surface area contributed by atoms with E-state index in [0.717, 1.165) is 37.1 Å². The Morgan fingerprint density at radius 1 is 0.881 bits per heavy atom. The van der Waals surface area contributed by atoms with E-state index in [4.69, 9.17) is 28.5 Å². The first-order chi connectivity index (χ1) is 32.3. The van der Waals surface area contributed by atoms with Gasteiger partial charge in [0.1, 0.15) is 24.2 Å². The summed E-state index contributed by atoms with van der Waals surface area (Å²) in [5.74, 6) is -1.04. The second-order valence-corrected chi connectivity index (χ2v) is 17.6. The number of thiazole rings is 1. The Bertz CT molecular complexity index is 2810. The van der Waals surface area contributed by atoms with E-state index in [9.17, 15) is 28.8 Å². The van der Waals surface area contributed by atoms with Crippen molar-refractivity contribution in [3.05, 3.63) is 89.8 Å². The van der Waals surface area contributed by atoms with Crippen LogP contribution in [0.2, 0.25) is 0 Å². The number of fused-ring (bicyclic) bond motifs is 4. The van der Waals surface area contributed by atoms with Crippen molar-refractivity contribution >= 4 is 79.3 Å². The average Bonchev–Trinajstić information content (AvgIpc) is 4.08. The van der Waals surface area contributed by atoms with Gasteiger partial charge in [-0.3, -0.25) is 43.9 Å². The lowest BCUT2D eigenvalue weighted by molar-refractivity contribution is -0.136. The molecule has 2 aliphatic heterocycles. The second kappa shape index (κ2) is 20.5. The Hall–Kier alpha value is -7.20. The standard InChI is InChI=1S/C46H49N9O11S/c1-46(2,3)36-24-37(53-66-36)51-44(61)49-28-9-7-27(8-10-28)32-26-54-33-12-11-29(23-35(33)67-45(54)50-32)65-22-21-64-20-19-63-18-17-62-16-15-47-39(57)25-48-31-6-4-5-30-40(31)43(60)55(42(30)59)34-13-14-38(56)52-41(34)58/h4-12,23-24,26,34,48H,13-22,25H2,1-3H3,(H,47,57)(H,52,56,58)(H2,49,51,53,61). The van der Waals surface area contributed by atoms with Crippen LogP contribution in [-0.2, 0) is 34.0 Å². The summed E-state index contributed by atoms with van der Waals surface area (Å²) in [7, 11) is 0. The van der Waals surface area contributed by atoms with Gasteiger partial charge in [-0.15, -0.1) is 0 Å². The maximum atomic E-state index is 13.2. The molecule has 5 N–H and O–H groups in total. The molecule has 2 aliphatic rings. The SMILES string of the molecule is CC(C)(C)c1cc(NC(=O)Nc2ccc(-c3cn4c(n3)sc3cc(OCCOCCOCCOCCNC(=O)CNc5cccc6c5C(=O)N(C5CCC(=O)NC5=O)C6=O)ccc34)cc2)no1. The quantitative estimate of drug-likeness (QED) is 0.0488. The molecule has 8 rings (SSSR count). The number of imide groups is 2. The fourth-order valence-electron chi connectivity index (χ4n) is 7.32. The number of nitrogens with zero attached hydrogens (tertiary/aromatic N) is 4. The molecule has 1 unspecified atom stereocenters. The van der Waals surface area contributed by atoms with Gasteiger partial charge in [0.25, 0.3) is 11.8 Å². The Morgan fingerprint density at radius 3 is 2.36 bits per heavy atom. The smallest absolute Gasteiger partial charge is 0.324 e. The van der Waals surface area contributed by atoms with Gasteiger partial charge in [-0.25, -0.2) is 9.78 Å². The van der Waals surface area contributed by atoms with Crippen molar-refractivity contribution in [2.24, 2.45) is 0 Å². The highest BCUT2D eigenvalue weighted by molar-refractivity contribution is 7.23. The molecule has 21 heteroatoms. The second-order valence-electron chi connectivity index (χ2n) is 16.6. The highest BCUT2D eigenvalue weighted by atomic mass is 32.1. The summed E-state index contributed by atoms with van der Waals surface area (Å²) >= 11 is 1.56. The Morgan fingerprint density at radius 2 is 1.63 bits per heavy atom. The minimum absolute atomic E-state index is 0.0203. The van der Waals surface area contributed by atoms with E-state index in [2.05, 4.69) is 31.7 Å². The number of hydrogen-bond acceptors (Lipinski definition) is 15. The van der Waals surface area contributed by atoms with Gasteiger partial charge in [0.15, 0.2) is 10.8 Å². The lowest BCUT2D eigenvalue weighted by Crippen LogP contribution is -2.54. The fourth-order valence-corrected chi connectivity index (χ4v) is 8.36. The Kier molecular flexibility index (Phi) is 14.2. The lowest BCUT2D eigenvalue weighted by atomic mass is 9.93. The average molecular weight is 936 g/mol. The van der Waals surface area contributed by atoms with Gasteiger partial charge in [0, 0.05) is 47.6 Å². The number of carbonyl (C=O) groups excluding carboxylic acids is 6. The first-order valence-corrected chi connectivity index (χ1v) is 22.4. The number of piperidine rings is 1. The van der Waals surface area contributed by atoms with Crippen LogP contribution in [0.4, 0.5) is 22.0 Å². The summed E-state index contributed by atoms with van der Waals surface area (Å²) < 4.78 is 31.1. The van der Waals surface area contributed by atoms with Crippen LogP contribution in [0.5, 0.6) is 5.75 Å². The van der Waals surface area contributed by atoms with E-state index < -0.39 is 35.7 Å². The van der Waals surface area contributed by atoms with Crippen LogP contribution >= 0.6 is 11.3 Å². The summed E-state index contributed by atoms with van der Waals surface area (Å²) in [6.45, 7) is 8.50. The van der Waals surface area contributed by atoms with E-state index in [1.54, 1.807) is 29.5 Å². The number of amides is 7.